The van der Waals surface area contributed by atoms with Crippen LogP contribution in [0.5, 0.6) is 0 Å². The van der Waals surface area contributed by atoms with Crippen LogP contribution < -0.4 is 0 Å². The quantitative estimate of drug-likeness (QED) is 0.762. The molecule has 2 atom stereocenters. The van der Waals surface area contributed by atoms with Crippen LogP contribution in [0.1, 0.15) is 17.2 Å². The molecule has 1 heterocycles. The van der Waals surface area contributed by atoms with Crippen LogP contribution in [0.15, 0.2) is 24.3 Å². The van der Waals surface area contributed by atoms with Gasteiger partial charge in [0.15, 0.2) is 6.10 Å². The molecule has 2 nitrogen and oxygen atoms in total. The molecule has 17 heavy (non-hydrogen) atoms. The first-order valence-corrected chi connectivity index (χ1v) is 5.33. The highest BCUT2D eigenvalue weighted by Gasteiger charge is 2.43. The normalized spacial score (nSPS) is 21.3. The van der Waals surface area contributed by atoms with Gasteiger partial charge < -0.3 is 9.47 Å². The molecule has 1 aromatic carbocycles. The van der Waals surface area contributed by atoms with Crippen molar-refractivity contribution in [3.8, 4) is 0 Å². The molecule has 0 spiro atoms. The number of rotatable bonds is 4. The van der Waals surface area contributed by atoms with Crippen LogP contribution in [-0.2, 0) is 9.47 Å². The maximum absolute atomic E-state index is 12.8. The summed E-state index contributed by atoms with van der Waals surface area (Å²) >= 11 is 0. The highest BCUT2D eigenvalue weighted by Crippen LogP contribution is 2.36. The third kappa shape index (κ3) is 3.44. The van der Waals surface area contributed by atoms with Crippen LogP contribution in [0, 0.1) is 6.92 Å². The largest absolute Gasteiger partial charge is 0.418 e. The zero-order valence-corrected chi connectivity index (χ0v) is 9.33. The van der Waals surface area contributed by atoms with Crippen molar-refractivity contribution in [2.24, 2.45) is 0 Å². The molecule has 1 aliphatic rings. The fourth-order valence-corrected chi connectivity index (χ4v) is 1.58. The molecule has 0 radical (unpaired) electrons. The SMILES string of the molecule is Cc1cccc([C@@H](OC[C@@H]2CO2)C(F)(F)F)c1. The maximum atomic E-state index is 12.8. The van der Waals surface area contributed by atoms with Gasteiger partial charge >= 0.3 is 6.18 Å². The number of hydrogen-bond donors (Lipinski definition) is 0. The van der Waals surface area contributed by atoms with Gasteiger partial charge in [-0.3, -0.25) is 0 Å². The summed E-state index contributed by atoms with van der Waals surface area (Å²) in [7, 11) is 0. The van der Waals surface area contributed by atoms with Crippen molar-refractivity contribution in [3.05, 3.63) is 35.4 Å². The second kappa shape index (κ2) is 4.66. The predicted molar refractivity (Wildman–Crippen MR) is 55.7 cm³/mol. The number of ether oxygens (including phenoxy) is 2. The molecule has 0 N–H and O–H groups in total. The first-order chi connectivity index (χ1) is 7.97. The predicted octanol–water partition coefficient (Wildman–Crippen LogP) is 3.01. The van der Waals surface area contributed by atoms with Gasteiger partial charge in [0.05, 0.1) is 13.2 Å². The summed E-state index contributed by atoms with van der Waals surface area (Å²) in [6.45, 7) is 2.22. The lowest BCUT2D eigenvalue weighted by molar-refractivity contribution is -0.224. The van der Waals surface area contributed by atoms with Crippen LogP contribution in [0.2, 0.25) is 0 Å². The first kappa shape index (κ1) is 12.4. The summed E-state index contributed by atoms with van der Waals surface area (Å²) in [6, 6.07) is 6.27. The molecule has 94 valence electrons. The maximum Gasteiger partial charge on any atom is 0.418 e. The average molecular weight is 246 g/mol. The third-order valence-corrected chi connectivity index (χ3v) is 2.49. The van der Waals surface area contributed by atoms with Crippen LogP contribution in [0.25, 0.3) is 0 Å². The van der Waals surface area contributed by atoms with Crippen LogP contribution in [0.3, 0.4) is 0 Å². The van der Waals surface area contributed by atoms with E-state index in [9.17, 15) is 13.2 Å². The Morgan fingerprint density at radius 3 is 2.71 bits per heavy atom. The molecule has 5 heteroatoms. The minimum absolute atomic E-state index is 0.0158. The Kier molecular flexibility index (Phi) is 3.40. The number of hydrogen-bond acceptors (Lipinski definition) is 2. The van der Waals surface area contributed by atoms with E-state index in [0.717, 1.165) is 5.56 Å². The Labute approximate surface area is 97.3 Å². The molecular weight excluding hydrogens is 233 g/mol. The molecule has 0 bridgehead atoms. The second-order valence-electron chi connectivity index (χ2n) is 4.12. The standard InChI is InChI=1S/C12H13F3O2/c1-8-3-2-4-9(5-8)11(12(13,14)15)17-7-10-6-16-10/h2-5,10-11H,6-7H2,1H3/t10-,11+/m0/s1. The van der Waals surface area contributed by atoms with Gasteiger partial charge in [-0.15, -0.1) is 0 Å². The van der Waals surface area contributed by atoms with E-state index in [1.54, 1.807) is 19.1 Å². The first-order valence-electron chi connectivity index (χ1n) is 5.33. The van der Waals surface area contributed by atoms with E-state index in [4.69, 9.17) is 9.47 Å². The Hall–Kier alpha value is -1.07. The van der Waals surface area contributed by atoms with E-state index >= 15 is 0 Å². The monoisotopic (exact) mass is 246 g/mol. The summed E-state index contributed by atoms with van der Waals surface area (Å²) in [4.78, 5) is 0. The molecule has 1 saturated heterocycles. The van der Waals surface area contributed by atoms with Crippen molar-refractivity contribution >= 4 is 0 Å². The van der Waals surface area contributed by atoms with Gasteiger partial charge in [-0.2, -0.15) is 13.2 Å². The summed E-state index contributed by atoms with van der Waals surface area (Å²) in [6.07, 6.45) is -6.45. The van der Waals surface area contributed by atoms with E-state index in [-0.39, 0.29) is 18.3 Å². The molecule has 1 fully saturated rings. The van der Waals surface area contributed by atoms with Crippen molar-refractivity contribution < 1.29 is 22.6 Å². The minimum atomic E-state index is -4.40. The lowest BCUT2D eigenvalue weighted by Crippen LogP contribution is -2.25. The topological polar surface area (TPSA) is 21.8 Å². The zero-order chi connectivity index (χ0) is 12.5. The van der Waals surface area contributed by atoms with Crippen molar-refractivity contribution in [1.29, 1.82) is 0 Å². The lowest BCUT2D eigenvalue weighted by Gasteiger charge is -2.21. The van der Waals surface area contributed by atoms with Gasteiger partial charge in [0.1, 0.15) is 6.10 Å². The second-order valence-corrected chi connectivity index (χ2v) is 4.12. The molecule has 0 amide bonds. The Balaban J connectivity index is 2.13. The van der Waals surface area contributed by atoms with Gasteiger partial charge in [0.2, 0.25) is 0 Å². The lowest BCUT2D eigenvalue weighted by atomic mass is 10.1. The molecule has 0 aliphatic carbocycles. The minimum Gasteiger partial charge on any atom is -0.371 e. The number of halogens is 3. The fourth-order valence-electron chi connectivity index (χ4n) is 1.58. The molecule has 0 unspecified atom stereocenters. The number of benzene rings is 1. The van der Waals surface area contributed by atoms with Crippen LogP contribution in [-0.4, -0.2) is 25.5 Å². The fraction of sp³-hybridized carbons (Fsp3) is 0.500. The number of epoxide rings is 1. The molecule has 1 aromatic rings. The van der Waals surface area contributed by atoms with E-state index in [0.29, 0.717) is 6.61 Å². The summed E-state index contributed by atoms with van der Waals surface area (Å²) in [5, 5.41) is 0. The summed E-state index contributed by atoms with van der Waals surface area (Å²) in [5.74, 6) is 0. The summed E-state index contributed by atoms with van der Waals surface area (Å²) < 4.78 is 48.3. The third-order valence-electron chi connectivity index (χ3n) is 2.49. The smallest absolute Gasteiger partial charge is 0.371 e. The Bertz CT molecular complexity index is 386. The van der Waals surface area contributed by atoms with E-state index in [2.05, 4.69) is 0 Å². The van der Waals surface area contributed by atoms with Gasteiger partial charge in [-0.25, -0.2) is 0 Å². The van der Waals surface area contributed by atoms with Crippen LogP contribution in [0.4, 0.5) is 13.2 Å². The van der Waals surface area contributed by atoms with E-state index < -0.39 is 12.3 Å². The van der Waals surface area contributed by atoms with E-state index in [1.807, 2.05) is 0 Å². The van der Waals surface area contributed by atoms with Gasteiger partial charge in [-0.05, 0) is 12.5 Å². The molecular formula is C12H13F3O2. The van der Waals surface area contributed by atoms with Crippen molar-refractivity contribution in [2.45, 2.75) is 25.3 Å². The van der Waals surface area contributed by atoms with Crippen molar-refractivity contribution in [3.63, 3.8) is 0 Å². The molecule has 2 rings (SSSR count). The average Bonchev–Trinajstić information content (AvgIpc) is 3.00. The molecule has 1 aliphatic heterocycles. The van der Waals surface area contributed by atoms with Crippen molar-refractivity contribution in [2.75, 3.05) is 13.2 Å². The number of aryl methyl sites for hydroxylation is 1. The highest BCUT2D eigenvalue weighted by molar-refractivity contribution is 5.25. The van der Waals surface area contributed by atoms with Crippen molar-refractivity contribution in [1.82, 2.24) is 0 Å². The Morgan fingerprint density at radius 2 is 2.18 bits per heavy atom. The van der Waals surface area contributed by atoms with Gasteiger partial charge in [-0.1, -0.05) is 29.8 Å². The molecule has 0 aromatic heterocycles. The molecule has 0 saturated carbocycles. The zero-order valence-electron chi connectivity index (χ0n) is 9.33. The van der Waals surface area contributed by atoms with Gasteiger partial charge in [0, 0.05) is 0 Å². The van der Waals surface area contributed by atoms with E-state index in [1.165, 1.54) is 12.1 Å². The summed E-state index contributed by atoms with van der Waals surface area (Å²) in [5.41, 5.74) is 0.918. The van der Waals surface area contributed by atoms with Crippen LogP contribution >= 0.6 is 0 Å². The Morgan fingerprint density at radius 1 is 1.47 bits per heavy atom. The van der Waals surface area contributed by atoms with Gasteiger partial charge in [0.25, 0.3) is 0 Å². The number of alkyl halides is 3. The highest BCUT2D eigenvalue weighted by atomic mass is 19.4.